The standard InChI is InChI=1S/C15H11Cl2N3O2S/c16-10-3-6-12(13(17)7-10)14(21)22-11-4-1-9(2-5-11)8-19-20-15(18)23/h1-8H,(H3,18,20,23). The van der Waals surface area contributed by atoms with E-state index in [2.05, 4.69) is 22.7 Å². The molecule has 0 fully saturated rings. The van der Waals surface area contributed by atoms with E-state index in [1.807, 2.05) is 0 Å². The van der Waals surface area contributed by atoms with Crippen molar-refractivity contribution in [3.63, 3.8) is 0 Å². The third kappa shape index (κ3) is 5.21. The van der Waals surface area contributed by atoms with Crippen LogP contribution in [-0.4, -0.2) is 17.3 Å². The number of ether oxygens (including phenoxy) is 1. The molecule has 0 saturated heterocycles. The summed E-state index contributed by atoms with van der Waals surface area (Å²) in [6.45, 7) is 0. The highest BCUT2D eigenvalue weighted by molar-refractivity contribution is 7.80. The van der Waals surface area contributed by atoms with Crippen molar-refractivity contribution in [3.8, 4) is 5.75 Å². The van der Waals surface area contributed by atoms with E-state index in [0.717, 1.165) is 5.56 Å². The van der Waals surface area contributed by atoms with Gasteiger partial charge in [-0.1, -0.05) is 23.2 Å². The smallest absolute Gasteiger partial charge is 0.345 e. The molecular formula is C15H11Cl2N3O2S. The fourth-order valence-corrected chi connectivity index (χ4v) is 2.15. The predicted molar refractivity (Wildman–Crippen MR) is 95.4 cm³/mol. The van der Waals surface area contributed by atoms with Crippen LogP contribution in [0, 0.1) is 0 Å². The van der Waals surface area contributed by atoms with Gasteiger partial charge in [0.25, 0.3) is 0 Å². The molecule has 8 heteroatoms. The summed E-state index contributed by atoms with van der Waals surface area (Å²) in [5.74, 6) is -0.191. The summed E-state index contributed by atoms with van der Waals surface area (Å²) in [6.07, 6.45) is 1.53. The summed E-state index contributed by atoms with van der Waals surface area (Å²) in [5, 5.41) is 4.57. The predicted octanol–water partition coefficient (Wildman–Crippen LogP) is 3.38. The SMILES string of the molecule is NC(=S)NN=Cc1ccc(OC(=O)c2ccc(Cl)cc2Cl)cc1. The van der Waals surface area contributed by atoms with Gasteiger partial charge < -0.3 is 10.5 Å². The second kappa shape index (κ2) is 7.92. The molecule has 0 bridgehead atoms. The van der Waals surface area contributed by atoms with E-state index < -0.39 is 5.97 Å². The van der Waals surface area contributed by atoms with Gasteiger partial charge >= 0.3 is 5.97 Å². The van der Waals surface area contributed by atoms with Crippen LogP contribution < -0.4 is 15.9 Å². The Morgan fingerprint density at radius 3 is 2.52 bits per heavy atom. The minimum absolute atomic E-state index is 0.0756. The molecule has 2 aromatic carbocycles. The van der Waals surface area contributed by atoms with Crippen LogP contribution in [0.2, 0.25) is 10.0 Å². The first-order valence-corrected chi connectivity index (χ1v) is 7.48. The van der Waals surface area contributed by atoms with Crippen LogP contribution in [0.25, 0.3) is 0 Å². The quantitative estimate of drug-likeness (QED) is 0.285. The maximum atomic E-state index is 12.1. The van der Waals surface area contributed by atoms with Crippen molar-refractivity contribution in [2.75, 3.05) is 0 Å². The van der Waals surface area contributed by atoms with Crippen LogP contribution in [0.1, 0.15) is 15.9 Å². The maximum Gasteiger partial charge on any atom is 0.345 e. The minimum Gasteiger partial charge on any atom is -0.423 e. The Bertz CT molecular complexity index is 764. The number of nitrogens with zero attached hydrogens (tertiary/aromatic N) is 1. The lowest BCUT2D eigenvalue weighted by atomic mass is 10.2. The van der Waals surface area contributed by atoms with Crippen molar-refractivity contribution in [2.24, 2.45) is 10.8 Å². The second-order valence-corrected chi connectivity index (χ2v) is 5.60. The van der Waals surface area contributed by atoms with Gasteiger partial charge in [0.2, 0.25) is 0 Å². The first kappa shape index (κ1) is 17.2. The van der Waals surface area contributed by atoms with Crippen molar-refractivity contribution < 1.29 is 9.53 Å². The summed E-state index contributed by atoms with van der Waals surface area (Å²) in [6, 6.07) is 11.3. The lowest BCUT2D eigenvalue weighted by Gasteiger charge is -2.06. The van der Waals surface area contributed by atoms with E-state index >= 15 is 0 Å². The third-order valence-electron chi connectivity index (χ3n) is 2.63. The van der Waals surface area contributed by atoms with Crippen molar-refractivity contribution in [3.05, 3.63) is 63.6 Å². The normalized spacial score (nSPS) is 10.5. The van der Waals surface area contributed by atoms with Gasteiger partial charge in [-0.25, -0.2) is 4.79 Å². The molecule has 23 heavy (non-hydrogen) atoms. The molecular weight excluding hydrogens is 357 g/mol. The van der Waals surface area contributed by atoms with Gasteiger partial charge in [-0.3, -0.25) is 5.43 Å². The Hall–Kier alpha value is -2.15. The van der Waals surface area contributed by atoms with E-state index in [4.69, 9.17) is 33.7 Å². The molecule has 0 amide bonds. The molecule has 0 heterocycles. The van der Waals surface area contributed by atoms with Crippen LogP contribution in [0.5, 0.6) is 5.75 Å². The molecule has 0 aliphatic heterocycles. The fraction of sp³-hybridized carbons (Fsp3) is 0. The number of nitrogens with two attached hydrogens (primary N) is 1. The number of benzene rings is 2. The van der Waals surface area contributed by atoms with Crippen LogP contribution in [-0.2, 0) is 0 Å². The Labute approximate surface area is 148 Å². The molecule has 118 valence electrons. The second-order valence-electron chi connectivity index (χ2n) is 4.32. The molecule has 0 radical (unpaired) electrons. The van der Waals surface area contributed by atoms with Gasteiger partial charge in [0.1, 0.15) is 5.75 Å². The number of halogens is 2. The molecule has 0 aliphatic rings. The summed E-state index contributed by atoms with van der Waals surface area (Å²) < 4.78 is 5.25. The van der Waals surface area contributed by atoms with Crippen molar-refractivity contribution in [2.45, 2.75) is 0 Å². The largest absolute Gasteiger partial charge is 0.423 e. The van der Waals surface area contributed by atoms with E-state index in [1.54, 1.807) is 30.3 Å². The summed E-state index contributed by atoms with van der Waals surface area (Å²) >= 11 is 16.4. The molecule has 0 aromatic heterocycles. The number of hydrogen-bond donors (Lipinski definition) is 2. The van der Waals surface area contributed by atoms with Gasteiger partial charge in [-0.05, 0) is 60.2 Å². The van der Waals surface area contributed by atoms with Gasteiger partial charge in [0.15, 0.2) is 5.11 Å². The summed E-state index contributed by atoms with van der Waals surface area (Å²) in [7, 11) is 0. The number of hydrazone groups is 1. The minimum atomic E-state index is -0.566. The van der Waals surface area contributed by atoms with E-state index in [1.165, 1.54) is 18.3 Å². The number of thiocarbonyl (C=S) groups is 1. The van der Waals surface area contributed by atoms with Gasteiger partial charge in [0.05, 0.1) is 16.8 Å². The molecule has 5 nitrogen and oxygen atoms in total. The Balaban J connectivity index is 2.04. The molecule has 0 unspecified atom stereocenters. The monoisotopic (exact) mass is 367 g/mol. The molecule has 0 atom stereocenters. The number of esters is 1. The average molecular weight is 368 g/mol. The van der Waals surface area contributed by atoms with Crippen LogP contribution in [0.3, 0.4) is 0 Å². The summed E-state index contributed by atoms with van der Waals surface area (Å²) in [4.78, 5) is 12.1. The topological polar surface area (TPSA) is 76.7 Å². The highest BCUT2D eigenvalue weighted by atomic mass is 35.5. The molecule has 2 rings (SSSR count). The van der Waals surface area contributed by atoms with Crippen molar-refractivity contribution in [1.29, 1.82) is 0 Å². The maximum absolute atomic E-state index is 12.1. The lowest BCUT2D eigenvalue weighted by Crippen LogP contribution is -2.23. The highest BCUT2D eigenvalue weighted by Gasteiger charge is 2.13. The highest BCUT2D eigenvalue weighted by Crippen LogP contribution is 2.22. The zero-order valence-electron chi connectivity index (χ0n) is 11.6. The molecule has 0 spiro atoms. The van der Waals surface area contributed by atoms with Gasteiger partial charge in [-0.15, -0.1) is 0 Å². The Kier molecular flexibility index (Phi) is 5.92. The number of carbonyl (C=O) groups is 1. The van der Waals surface area contributed by atoms with Crippen LogP contribution >= 0.6 is 35.4 Å². The molecule has 2 aromatic rings. The van der Waals surface area contributed by atoms with Crippen molar-refractivity contribution in [1.82, 2.24) is 5.43 Å². The van der Waals surface area contributed by atoms with E-state index in [-0.39, 0.29) is 15.7 Å². The van der Waals surface area contributed by atoms with E-state index in [0.29, 0.717) is 10.8 Å². The van der Waals surface area contributed by atoms with Crippen molar-refractivity contribution >= 4 is 52.7 Å². The number of carbonyl (C=O) groups excluding carboxylic acids is 1. The zero-order chi connectivity index (χ0) is 16.8. The first-order valence-electron chi connectivity index (χ1n) is 6.31. The average Bonchev–Trinajstić information content (AvgIpc) is 2.48. The van der Waals surface area contributed by atoms with Crippen LogP contribution in [0.4, 0.5) is 0 Å². The van der Waals surface area contributed by atoms with Gasteiger partial charge in [0, 0.05) is 5.02 Å². The first-order chi connectivity index (χ1) is 11.0. The Morgan fingerprint density at radius 2 is 1.91 bits per heavy atom. The lowest BCUT2D eigenvalue weighted by molar-refractivity contribution is 0.0735. The zero-order valence-corrected chi connectivity index (χ0v) is 14.0. The van der Waals surface area contributed by atoms with E-state index in [9.17, 15) is 4.79 Å². The number of rotatable bonds is 4. The summed E-state index contributed by atoms with van der Waals surface area (Å²) in [5.41, 5.74) is 8.70. The van der Waals surface area contributed by atoms with Gasteiger partial charge in [-0.2, -0.15) is 5.10 Å². The number of nitrogens with one attached hydrogen (secondary N) is 1. The Morgan fingerprint density at radius 1 is 1.22 bits per heavy atom. The van der Waals surface area contributed by atoms with Crippen LogP contribution in [0.15, 0.2) is 47.6 Å². The third-order valence-corrected chi connectivity index (χ3v) is 3.27. The molecule has 3 N–H and O–H groups in total. The molecule has 0 saturated carbocycles. The fourth-order valence-electron chi connectivity index (χ4n) is 1.61. The molecule has 0 aliphatic carbocycles. The number of hydrogen-bond acceptors (Lipinski definition) is 4.